The van der Waals surface area contributed by atoms with Crippen LogP contribution in [0.15, 0.2) is 12.4 Å². The number of aromatic nitrogens is 2. The molecule has 92 valence electrons. The summed E-state index contributed by atoms with van der Waals surface area (Å²) in [4.78, 5) is 0. The molecule has 0 amide bonds. The second-order valence-corrected chi connectivity index (χ2v) is 5.97. The minimum absolute atomic E-state index is 0.557. The van der Waals surface area contributed by atoms with Gasteiger partial charge < -0.3 is 5.32 Å². The van der Waals surface area contributed by atoms with Crippen LogP contribution >= 0.6 is 11.8 Å². The largest absolute Gasteiger partial charge is 0.313 e. The molecule has 0 fully saturated rings. The van der Waals surface area contributed by atoms with Gasteiger partial charge >= 0.3 is 0 Å². The zero-order valence-corrected chi connectivity index (χ0v) is 11.5. The lowest BCUT2D eigenvalue weighted by Crippen LogP contribution is -2.33. The first-order valence-electron chi connectivity index (χ1n) is 5.94. The summed E-state index contributed by atoms with van der Waals surface area (Å²) in [7, 11) is 1.97. The molecule has 1 N–H and O–H groups in total. The first kappa shape index (κ1) is 13.6. The van der Waals surface area contributed by atoms with Gasteiger partial charge in [0.2, 0.25) is 0 Å². The van der Waals surface area contributed by atoms with Crippen molar-refractivity contribution in [1.82, 2.24) is 15.1 Å². The summed E-state index contributed by atoms with van der Waals surface area (Å²) in [5.41, 5.74) is 1.32. The molecule has 1 atom stereocenters. The van der Waals surface area contributed by atoms with Crippen LogP contribution in [0.25, 0.3) is 0 Å². The fourth-order valence-electron chi connectivity index (χ4n) is 1.65. The molecule has 3 nitrogen and oxygen atoms in total. The van der Waals surface area contributed by atoms with Crippen LogP contribution in [0, 0.1) is 0 Å². The highest BCUT2D eigenvalue weighted by Gasteiger charge is 2.10. The summed E-state index contributed by atoms with van der Waals surface area (Å²) < 4.78 is 1.87. The highest BCUT2D eigenvalue weighted by atomic mass is 32.2. The lowest BCUT2D eigenvalue weighted by Gasteiger charge is -2.17. The van der Waals surface area contributed by atoms with E-state index in [-0.39, 0.29) is 0 Å². The third-order valence-electron chi connectivity index (χ3n) is 2.36. The molecular formula is C12H23N3S. The number of nitrogens with one attached hydrogen (secondary N) is 1. The number of thioether (sulfide) groups is 1. The van der Waals surface area contributed by atoms with Gasteiger partial charge in [-0.25, -0.2) is 0 Å². The Balaban J connectivity index is 2.43. The molecule has 1 aromatic rings. The van der Waals surface area contributed by atoms with Gasteiger partial charge in [0.1, 0.15) is 0 Å². The summed E-state index contributed by atoms with van der Waals surface area (Å²) in [5.74, 6) is 1.17. The number of nitrogens with zero attached hydrogens (tertiary/aromatic N) is 2. The summed E-state index contributed by atoms with van der Waals surface area (Å²) in [5, 5.41) is 8.45. The van der Waals surface area contributed by atoms with Crippen molar-refractivity contribution in [3.63, 3.8) is 0 Å². The van der Waals surface area contributed by atoms with E-state index in [1.54, 1.807) is 0 Å². The molecule has 0 saturated heterocycles. The summed E-state index contributed by atoms with van der Waals surface area (Å²) in [6.07, 6.45) is 5.14. The highest BCUT2D eigenvalue weighted by Crippen LogP contribution is 2.13. The summed E-state index contributed by atoms with van der Waals surface area (Å²) >= 11 is 2.02. The van der Waals surface area contributed by atoms with Crippen molar-refractivity contribution < 1.29 is 0 Å². The first-order chi connectivity index (χ1) is 7.61. The highest BCUT2D eigenvalue weighted by molar-refractivity contribution is 7.99. The molecule has 0 aliphatic rings. The van der Waals surface area contributed by atoms with E-state index in [0.717, 1.165) is 13.0 Å². The fourth-order valence-corrected chi connectivity index (χ4v) is 2.50. The van der Waals surface area contributed by atoms with Crippen molar-refractivity contribution in [3.05, 3.63) is 18.0 Å². The van der Waals surface area contributed by atoms with E-state index < -0.39 is 0 Å². The normalized spacial score (nSPS) is 13.3. The second kappa shape index (κ2) is 6.97. The predicted octanol–water partition coefficient (Wildman–Crippen LogP) is 2.08. The van der Waals surface area contributed by atoms with Gasteiger partial charge in [0.25, 0.3) is 0 Å². The van der Waals surface area contributed by atoms with Crippen molar-refractivity contribution in [2.75, 3.05) is 12.3 Å². The van der Waals surface area contributed by atoms with E-state index in [0.29, 0.717) is 11.3 Å². The Morgan fingerprint density at radius 3 is 2.75 bits per heavy atom. The molecule has 4 heteroatoms. The van der Waals surface area contributed by atoms with Gasteiger partial charge in [0.05, 0.1) is 6.20 Å². The molecule has 0 bridgehead atoms. The van der Waals surface area contributed by atoms with E-state index in [9.17, 15) is 0 Å². The standard InChI is InChI=1S/C12H23N3S/c1-5-13-12(9-16-10(2)3)6-11-7-14-15(4)8-11/h7-8,10,12-13H,5-6,9H2,1-4H3. The second-order valence-electron chi connectivity index (χ2n) is 4.36. The molecule has 0 radical (unpaired) electrons. The molecule has 1 rings (SSSR count). The van der Waals surface area contributed by atoms with Gasteiger partial charge in [-0.3, -0.25) is 4.68 Å². The van der Waals surface area contributed by atoms with Gasteiger partial charge in [-0.2, -0.15) is 16.9 Å². The van der Waals surface area contributed by atoms with E-state index in [1.807, 2.05) is 29.7 Å². The fraction of sp³-hybridized carbons (Fsp3) is 0.750. The quantitative estimate of drug-likeness (QED) is 0.792. The van der Waals surface area contributed by atoms with E-state index in [1.165, 1.54) is 11.3 Å². The van der Waals surface area contributed by atoms with Crippen LogP contribution in [0.4, 0.5) is 0 Å². The smallest absolute Gasteiger partial charge is 0.0522 e. The molecule has 0 aliphatic carbocycles. The average Bonchev–Trinajstić information content (AvgIpc) is 2.61. The first-order valence-corrected chi connectivity index (χ1v) is 6.99. The monoisotopic (exact) mass is 241 g/mol. The van der Waals surface area contributed by atoms with Gasteiger partial charge in [0.15, 0.2) is 0 Å². The van der Waals surface area contributed by atoms with Gasteiger partial charge in [-0.05, 0) is 23.8 Å². The SMILES string of the molecule is CCNC(CSC(C)C)Cc1cnn(C)c1. The number of likely N-dealkylation sites (N-methyl/N-ethyl adjacent to an activating group) is 1. The van der Waals surface area contributed by atoms with Gasteiger partial charge in [-0.1, -0.05) is 20.8 Å². The third kappa shape index (κ3) is 5.03. The molecule has 0 saturated carbocycles. The van der Waals surface area contributed by atoms with Crippen LogP contribution in [0.1, 0.15) is 26.3 Å². The maximum absolute atomic E-state index is 4.21. The maximum Gasteiger partial charge on any atom is 0.0522 e. The van der Waals surface area contributed by atoms with Crippen LogP contribution in [0.5, 0.6) is 0 Å². The van der Waals surface area contributed by atoms with Crippen LogP contribution < -0.4 is 5.32 Å². The lowest BCUT2D eigenvalue weighted by atomic mass is 10.1. The van der Waals surface area contributed by atoms with Crippen molar-refractivity contribution >= 4 is 11.8 Å². The van der Waals surface area contributed by atoms with Gasteiger partial charge in [-0.15, -0.1) is 0 Å². The molecule has 16 heavy (non-hydrogen) atoms. The Morgan fingerprint density at radius 1 is 1.50 bits per heavy atom. The van der Waals surface area contributed by atoms with Crippen LogP contribution in [0.3, 0.4) is 0 Å². The topological polar surface area (TPSA) is 29.9 Å². The Kier molecular flexibility index (Phi) is 5.91. The van der Waals surface area contributed by atoms with Crippen molar-refractivity contribution in [2.45, 2.75) is 38.5 Å². The van der Waals surface area contributed by atoms with Crippen molar-refractivity contribution in [3.8, 4) is 0 Å². The third-order valence-corrected chi connectivity index (χ3v) is 3.63. The number of hydrogen-bond acceptors (Lipinski definition) is 3. The predicted molar refractivity (Wildman–Crippen MR) is 72.0 cm³/mol. The van der Waals surface area contributed by atoms with Gasteiger partial charge in [0, 0.05) is 25.0 Å². The molecule has 1 unspecified atom stereocenters. The average molecular weight is 241 g/mol. The van der Waals surface area contributed by atoms with Crippen molar-refractivity contribution in [1.29, 1.82) is 0 Å². The summed E-state index contributed by atoms with van der Waals surface area (Å²) in [6, 6.07) is 0.557. The Labute approximate surface area is 103 Å². The minimum Gasteiger partial charge on any atom is -0.313 e. The van der Waals surface area contributed by atoms with Crippen molar-refractivity contribution in [2.24, 2.45) is 7.05 Å². The Bertz CT molecular complexity index is 296. The van der Waals surface area contributed by atoms with Crippen LogP contribution in [0.2, 0.25) is 0 Å². The summed E-state index contributed by atoms with van der Waals surface area (Å²) in [6.45, 7) is 7.69. The van der Waals surface area contributed by atoms with E-state index >= 15 is 0 Å². The maximum atomic E-state index is 4.21. The molecule has 1 heterocycles. The number of hydrogen-bond donors (Lipinski definition) is 1. The van der Waals surface area contributed by atoms with E-state index in [2.05, 4.69) is 37.4 Å². The molecule has 0 spiro atoms. The minimum atomic E-state index is 0.557. The molecular weight excluding hydrogens is 218 g/mol. The van der Waals surface area contributed by atoms with Crippen LogP contribution in [-0.2, 0) is 13.5 Å². The number of rotatable bonds is 7. The molecule has 0 aromatic carbocycles. The van der Waals surface area contributed by atoms with E-state index in [4.69, 9.17) is 0 Å². The Morgan fingerprint density at radius 2 is 2.25 bits per heavy atom. The van der Waals surface area contributed by atoms with Crippen LogP contribution in [-0.4, -0.2) is 33.4 Å². The molecule has 0 aliphatic heterocycles. The zero-order valence-electron chi connectivity index (χ0n) is 10.7. The zero-order chi connectivity index (χ0) is 12.0. The lowest BCUT2D eigenvalue weighted by molar-refractivity contribution is 0.572. The number of aryl methyl sites for hydroxylation is 1. The molecule has 1 aromatic heterocycles. The Hall–Kier alpha value is -0.480.